The largest absolute Gasteiger partial charge is 0.481 e. The van der Waals surface area contributed by atoms with E-state index in [0.717, 1.165) is 6.42 Å². The number of carboxylic acids is 1. The number of carbonyl (C=O) groups excluding carboxylic acids is 3. The van der Waals surface area contributed by atoms with Gasteiger partial charge in [-0.3, -0.25) is 9.59 Å². The maximum absolute atomic E-state index is 11.7. The Labute approximate surface area is 123 Å². The molecule has 0 radical (unpaired) electrons. The molecule has 6 nitrogen and oxygen atoms in total. The van der Waals surface area contributed by atoms with Crippen LogP contribution in [-0.4, -0.2) is 29.1 Å². The van der Waals surface area contributed by atoms with E-state index in [-0.39, 0.29) is 24.3 Å². The molecule has 21 heavy (non-hydrogen) atoms. The van der Waals surface area contributed by atoms with Crippen molar-refractivity contribution >= 4 is 17.9 Å². The summed E-state index contributed by atoms with van der Waals surface area (Å²) in [6.45, 7) is 1.97. The molecule has 0 saturated carbocycles. The van der Waals surface area contributed by atoms with Crippen LogP contribution < -0.4 is 5.73 Å². The van der Waals surface area contributed by atoms with Crippen molar-refractivity contribution in [2.45, 2.75) is 32.2 Å². The number of ketones is 1. The summed E-state index contributed by atoms with van der Waals surface area (Å²) in [5, 5.41) is 8.57. The van der Waals surface area contributed by atoms with Crippen LogP contribution in [0.1, 0.15) is 25.3 Å². The first kappa shape index (κ1) is 18.7. The minimum atomic E-state index is -1.04. The van der Waals surface area contributed by atoms with Crippen LogP contribution in [0.4, 0.5) is 0 Å². The number of rotatable bonds is 7. The third kappa shape index (κ3) is 9.27. The molecule has 0 aliphatic rings. The summed E-state index contributed by atoms with van der Waals surface area (Å²) in [5.74, 6) is -1.05. The summed E-state index contributed by atoms with van der Waals surface area (Å²) in [7, 11) is 0. The van der Waals surface area contributed by atoms with E-state index in [9.17, 15) is 9.59 Å². The monoisotopic (exact) mass is 293 g/mol. The smallest absolute Gasteiger partial charge is 0.373 e. The van der Waals surface area contributed by atoms with Gasteiger partial charge in [0, 0.05) is 6.42 Å². The highest BCUT2D eigenvalue weighted by atomic mass is 16.4. The zero-order valence-electron chi connectivity index (χ0n) is 11.8. The minimum Gasteiger partial charge on any atom is -0.481 e. The number of nitrogens with two attached hydrogens (primary N) is 1. The second-order valence-corrected chi connectivity index (χ2v) is 4.75. The fraction of sp³-hybridized carbons (Fsp3) is 0.400. The Morgan fingerprint density at radius 2 is 1.71 bits per heavy atom. The molecule has 0 amide bonds. The molecule has 3 N–H and O–H groups in total. The molecular formula is C15H19NO5. The summed E-state index contributed by atoms with van der Waals surface area (Å²) in [4.78, 5) is 38.4. The molecule has 0 aliphatic heterocycles. The Hall–Kier alpha value is -2.30. The van der Waals surface area contributed by atoms with E-state index < -0.39 is 12.0 Å². The SMILES string of the molecule is C[C@@H](CC(=O)[C@@H](N)CC(=O)O)Cc1ccccc1.O=C=O. The zero-order valence-corrected chi connectivity index (χ0v) is 11.8. The third-order valence-electron chi connectivity index (χ3n) is 2.78. The van der Waals surface area contributed by atoms with Gasteiger partial charge < -0.3 is 10.8 Å². The standard InChI is InChI=1S/C14H19NO3.CO2/c1-10(7-11-5-3-2-4-6-11)8-13(16)12(15)9-14(17)18;2-1-3/h2-6,10,12H,7-9,15H2,1H3,(H,17,18);/t10-,12+;/m1./s1. The van der Waals surface area contributed by atoms with Crippen LogP contribution in [-0.2, 0) is 25.6 Å². The lowest BCUT2D eigenvalue weighted by atomic mass is 9.93. The lowest BCUT2D eigenvalue weighted by Crippen LogP contribution is -2.34. The van der Waals surface area contributed by atoms with Crippen molar-refractivity contribution in [2.75, 3.05) is 0 Å². The summed E-state index contributed by atoms with van der Waals surface area (Å²) >= 11 is 0. The molecule has 0 aliphatic carbocycles. The van der Waals surface area contributed by atoms with Gasteiger partial charge in [-0.25, -0.2) is 0 Å². The number of Topliss-reactive ketones (excluding diaryl/α,β-unsaturated/α-hetero) is 1. The zero-order chi connectivity index (χ0) is 16.3. The lowest BCUT2D eigenvalue weighted by Gasteiger charge is -2.13. The van der Waals surface area contributed by atoms with E-state index in [0.29, 0.717) is 6.42 Å². The van der Waals surface area contributed by atoms with Gasteiger partial charge in [-0.2, -0.15) is 9.59 Å². The first-order chi connectivity index (χ1) is 9.90. The summed E-state index contributed by atoms with van der Waals surface area (Å²) in [6, 6.07) is 9.00. The summed E-state index contributed by atoms with van der Waals surface area (Å²) in [5.41, 5.74) is 6.70. The Morgan fingerprint density at radius 1 is 1.19 bits per heavy atom. The molecule has 0 bridgehead atoms. The maximum Gasteiger partial charge on any atom is 0.373 e. The predicted molar refractivity (Wildman–Crippen MR) is 74.2 cm³/mol. The normalized spacial score (nSPS) is 12.3. The topological polar surface area (TPSA) is 115 Å². The molecule has 1 aromatic rings. The van der Waals surface area contributed by atoms with Crippen LogP contribution in [0.15, 0.2) is 30.3 Å². The van der Waals surface area contributed by atoms with Crippen LogP contribution in [0.3, 0.4) is 0 Å². The van der Waals surface area contributed by atoms with Gasteiger partial charge in [0.05, 0.1) is 12.5 Å². The van der Waals surface area contributed by atoms with Gasteiger partial charge in [0.25, 0.3) is 0 Å². The quantitative estimate of drug-likeness (QED) is 0.776. The van der Waals surface area contributed by atoms with E-state index in [2.05, 4.69) is 0 Å². The van der Waals surface area contributed by atoms with Crippen molar-refractivity contribution in [3.8, 4) is 0 Å². The van der Waals surface area contributed by atoms with Crippen molar-refractivity contribution in [2.24, 2.45) is 11.7 Å². The van der Waals surface area contributed by atoms with Gasteiger partial charge in [0.15, 0.2) is 0 Å². The maximum atomic E-state index is 11.7. The second-order valence-electron chi connectivity index (χ2n) is 4.75. The number of hydrogen-bond donors (Lipinski definition) is 2. The van der Waals surface area contributed by atoms with Crippen LogP contribution in [0.5, 0.6) is 0 Å². The molecular weight excluding hydrogens is 274 g/mol. The fourth-order valence-electron chi connectivity index (χ4n) is 1.89. The van der Waals surface area contributed by atoms with Crippen molar-refractivity contribution in [1.82, 2.24) is 0 Å². The molecule has 114 valence electrons. The highest BCUT2D eigenvalue weighted by Crippen LogP contribution is 2.13. The molecule has 0 heterocycles. The molecule has 0 saturated heterocycles. The van der Waals surface area contributed by atoms with Crippen molar-refractivity contribution < 1.29 is 24.3 Å². The Morgan fingerprint density at radius 3 is 2.19 bits per heavy atom. The van der Waals surface area contributed by atoms with Crippen LogP contribution in [0.25, 0.3) is 0 Å². The molecule has 0 fully saturated rings. The average Bonchev–Trinajstić information content (AvgIpc) is 2.39. The molecule has 0 aromatic heterocycles. The lowest BCUT2D eigenvalue weighted by molar-refractivity contribution is -0.191. The minimum absolute atomic E-state index is 0.166. The second kappa shape index (κ2) is 10.5. The first-order valence-corrected chi connectivity index (χ1v) is 6.44. The summed E-state index contributed by atoms with van der Waals surface area (Å²) in [6.07, 6.45) is 1.08. The Kier molecular flexibility index (Phi) is 9.33. The van der Waals surface area contributed by atoms with E-state index in [1.807, 2.05) is 37.3 Å². The van der Waals surface area contributed by atoms with Crippen molar-refractivity contribution in [1.29, 1.82) is 0 Å². The van der Waals surface area contributed by atoms with Crippen molar-refractivity contribution in [3.63, 3.8) is 0 Å². The van der Waals surface area contributed by atoms with Crippen molar-refractivity contribution in [3.05, 3.63) is 35.9 Å². The third-order valence-corrected chi connectivity index (χ3v) is 2.78. The predicted octanol–water partition coefficient (Wildman–Crippen LogP) is 1.04. The van der Waals surface area contributed by atoms with Gasteiger partial charge in [-0.05, 0) is 17.9 Å². The van der Waals surface area contributed by atoms with Crippen LogP contribution in [0, 0.1) is 5.92 Å². The van der Waals surface area contributed by atoms with E-state index in [4.69, 9.17) is 20.4 Å². The van der Waals surface area contributed by atoms with Crippen LogP contribution in [0.2, 0.25) is 0 Å². The highest BCUT2D eigenvalue weighted by Gasteiger charge is 2.19. The molecule has 0 spiro atoms. The fourth-order valence-corrected chi connectivity index (χ4v) is 1.89. The molecule has 6 heteroatoms. The number of carboxylic acid groups (broad SMARTS) is 1. The van der Waals surface area contributed by atoms with E-state index in [1.54, 1.807) is 0 Å². The van der Waals surface area contributed by atoms with Gasteiger partial charge in [-0.1, -0.05) is 37.3 Å². The van der Waals surface area contributed by atoms with Gasteiger partial charge >= 0.3 is 12.1 Å². The Balaban J connectivity index is 0.00000122. The molecule has 0 unspecified atom stereocenters. The highest BCUT2D eigenvalue weighted by molar-refractivity contribution is 5.87. The molecule has 2 atom stereocenters. The van der Waals surface area contributed by atoms with E-state index in [1.165, 1.54) is 5.56 Å². The molecule has 1 rings (SSSR count). The first-order valence-electron chi connectivity index (χ1n) is 6.44. The average molecular weight is 293 g/mol. The summed E-state index contributed by atoms with van der Waals surface area (Å²) < 4.78 is 0. The van der Waals surface area contributed by atoms with Crippen LogP contribution >= 0.6 is 0 Å². The molecule has 1 aromatic carbocycles. The number of carbonyl (C=O) groups is 2. The number of aliphatic carboxylic acids is 1. The van der Waals surface area contributed by atoms with E-state index >= 15 is 0 Å². The number of benzene rings is 1. The van der Waals surface area contributed by atoms with Gasteiger partial charge in [0.2, 0.25) is 0 Å². The van der Waals surface area contributed by atoms with Gasteiger partial charge in [-0.15, -0.1) is 0 Å². The number of hydrogen-bond acceptors (Lipinski definition) is 5. The Bertz CT molecular complexity index is 480. The van der Waals surface area contributed by atoms with Gasteiger partial charge in [0.1, 0.15) is 5.78 Å².